The minimum absolute atomic E-state index is 0.500. The number of hydrogen-bond donors (Lipinski definition) is 1. The van der Waals surface area contributed by atoms with Crippen LogP contribution >= 0.6 is 12.8 Å². The zero-order valence-electron chi connectivity index (χ0n) is 2.85. The summed E-state index contributed by atoms with van der Waals surface area (Å²) in [7, 11) is 4.84. The van der Waals surface area contributed by atoms with Crippen LogP contribution in [0, 0.1) is 0 Å². The molecule has 0 amide bonds. The molecule has 0 atom stereocenters. The van der Waals surface area contributed by atoms with Crippen molar-refractivity contribution in [2.75, 3.05) is 7.18 Å². The fourth-order valence-electron chi connectivity index (χ4n) is 0. The van der Waals surface area contributed by atoms with Gasteiger partial charge < -0.3 is 0 Å². The first-order chi connectivity index (χ1) is 2.41. The van der Waals surface area contributed by atoms with E-state index < -0.39 is 0 Å². The summed E-state index contributed by atoms with van der Waals surface area (Å²) >= 11 is 3.19. The second-order valence-corrected chi connectivity index (χ2v) is 0.346. The monoisotopic (exact) mass is 92.0 g/mol. The third-order valence-corrected chi connectivity index (χ3v) is 0. The summed E-state index contributed by atoms with van der Waals surface area (Å²) < 4.78 is 12.2. The molecule has 0 saturated carbocycles. The average molecular weight is 91.9 g/mol. The molecule has 5 heavy (non-hydrogen) atoms. The molecule has 0 unspecified atom stereocenters. The van der Waals surface area contributed by atoms with Gasteiger partial charge in [0.2, 0.25) is 0 Å². The summed E-state index contributed by atoms with van der Waals surface area (Å²) in [6.07, 6.45) is 0. The van der Waals surface area contributed by atoms with Crippen LogP contribution < -0.4 is 0 Å². The topological polar surface area (TPSA) is 12.4 Å². The third-order valence-electron chi connectivity index (χ3n) is 0. The molecule has 0 aromatic carbocycles. The Hall–Kier alpha value is 0.145. The van der Waals surface area contributed by atoms with Gasteiger partial charge in [-0.15, -0.1) is 0 Å². The molecule has 0 aromatic heterocycles. The van der Waals surface area contributed by atoms with Crippen molar-refractivity contribution in [3.63, 3.8) is 0 Å². The van der Waals surface area contributed by atoms with Crippen LogP contribution in [-0.2, 0) is 0 Å². The molecule has 0 aliphatic carbocycles. The van der Waals surface area contributed by atoms with E-state index in [0.29, 0.717) is 7.18 Å². The van der Waals surface area contributed by atoms with Gasteiger partial charge in [-0.3, -0.25) is 4.39 Å². The van der Waals surface area contributed by atoms with Gasteiger partial charge in [0.1, 0.15) is 0 Å². The van der Waals surface area contributed by atoms with Crippen molar-refractivity contribution in [1.82, 2.24) is 0 Å². The molecule has 0 aromatic rings. The van der Waals surface area contributed by atoms with Crippen LogP contribution in [0.2, 0.25) is 0 Å². The maximum atomic E-state index is 9.50. The molecule has 0 fully saturated rings. The summed E-state index contributed by atoms with van der Waals surface area (Å²) in [5.74, 6) is 0. The molecule has 29 valence electrons. The summed E-state index contributed by atoms with van der Waals surface area (Å²) in [6, 6.07) is 0. The fraction of sp³-hybridized carbons (Fsp3) is 1.00. The Morgan fingerprint density at radius 1 is 1.80 bits per heavy atom. The first kappa shape index (κ1) is 8.94. The van der Waals surface area contributed by atoms with E-state index in [9.17, 15) is 4.39 Å². The van der Waals surface area contributed by atoms with Crippen LogP contribution in [0.5, 0.6) is 0 Å². The van der Waals surface area contributed by atoms with Crippen LogP contribution in [0.4, 0.5) is 4.39 Å². The van der Waals surface area contributed by atoms with Crippen LogP contribution in [0.25, 0.3) is 0 Å². The van der Waals surface area contributed by atoms with Gasteiger partial charge >= 0.3 is 24.8 Å². The Balaban J connectivity index is 0. The molecular weight excluding hydrogens is 87.9 g/mol. The fourth-order valence-corrected chi connectivity index (χ4v) is 0. The van der Waals surface area contributed by atoms with Crippen LogP contribution in [0.3, 0.4) is 0 Å². The van der Waals surface area contributed by atoms with Crippen molar-refractivity contribution in [2.24, 2.45) is 4.30 Å². The van der Waals surface area contributed by atoms with E-state index in [-0.39, 0.29) is 0 Å². The van der Waals surface area contributed by atoms with Crippen LogP contribution in [0.15, 0.2) is 4.30 Å². The Kier molecular flexibility index (Phi) is 55.9. The van der Waals surface area contributed by atoms with E-state index in [0.717, 1.165) is 0 Å². The number of hydrogen-bond acceptors (Lipinski definition) is 2. The molecule has 0 spiro atoms. The molecule has 0 heterocycles. The molecule has 1 nitrogen and oxygen atoms in total. The number of rotatable bonds is 0. The minimum atomic E-state index is 0.500. The molecule has 0 aliphatic rings. The van der Waals surface area contributed by atoms with Gasteiger partial charge in [-0.25, -0.2) is 0 Å². The quantitative estimate of drug-likeness (QED) is 0.334. The predicted molar refractivity (Wildman–Crippen MR) is 24.2 cm³/mol. The van der Waals surface area contributed by atoms with Crippen molar-refractivity contribution >= 4 is 20.5 Å². The average Bonchev–Trinajstić information content (AvgIpc) is 1.46. The number of nitrogens with zero attached hydrogens (tertiary/aromatic N) is 1. The summed E-state index contributed by atoms with van der Waals surface area (Å²) in [5, 5.41) is 0. The summed E-state index contributed by atoms with van der Waals surface area (Å²) in [6.45, 7) is 0. The van der Waals surface area contributed by atoms with E-state index in [2.05, 4.69) is 24.8 Å². The number of thiol groups is 1. The first-order valence-electron chi connectivity index (χ1n) is 0.836. The molecule has 4 heteroatoms. The van der Waals surface area contributed by atoms with Crippen LogP contribution in [0.1, 0.15) is 0 Å². The van der Waals surface area contributed by atoms with E-state index in [4.69, 9.17) is 0 Å². The molecule has 0 rings (SSSR count). The Labute approximate surface area is 37.3 Å². The zero-order chi connectivity index (χ0) is 4.71. The summed E-state index contributed by atoms with van der Waals surface area (Å²) in [5.41, 5.74) is 0. The van der Waals surface area contributed by atoms with Crippen molar-refractivity contribution in [3.05, 3.63) is 0 Å². The first-order valence-corrected chi connectivity index (χ1v) is 1.24. The molecule has 0 bridgehead atoms. The Bertz CT molecular complexity index is 19.1. The normalized spacial score (nSPS) is 3.60. The van der Waals surface area contributed by atoms with Crippen molar-refractivity contribution in [3.8, 4) is 0 Å². The van der Waals surface area contributed by atoms with Crippen LogP contribution in [-0.4, -0.2) is 14.8 Å². The molecular formula is CH4BFNS. The maximum absolute atomic E-state index is 9.50. The Morgan fingerprint density at radius 3 is 1.80 bits per heavy atom. The van der Waals surface area contributed by atoms with E-state index in [1.807, 2.05) is 0 Å². The molecule has 1 radical (unpaired) electrons. The van der Waals surface area contributed by atoms with E-state index in [1.165, 1.54) is 0 Å². The standard InChI is InChI=1S/CH3F.BHNS/c1-2;1-2-3/h1H3;3H. The zero-order valence-corrected chi connectivity index (χ0v) is 3.74. The van der Waals surface area contributed by atoms with E-state index >= 15 is 0 Å². The predicted octanol–water partition coefficient (Wildman–Crippen LogP) is 0.769. The number of halogens is 1. The van der Waals surface area contributed by atoms with Gasteiger partial charge in [0, 0.05) is 0 Å². The van der Waals surface area contributed by atoms with E-state index in [1.54, 1.807) is 0 Å². The van der Waals surface area contributed by atoms with Gasteiger partial charge in [0.05, 0.1) is 7.18 Å². The third kappa shape index (κ3) is 908. The second kappa shape index (κ2) is 31.3. The molecule has 0 N–H and O–H groups in total. The van der Waals surface area contributed by atoms with Gasteiger partial charge in [-0.2, -0.15) is 0 Å². The van der Waals surface area contributed by atoms with Crippen molar-refractivity contribution in [2.45, 2.75) is 0 Å². The van der Waals surface area contributed by atoms with Crippen molar-refractivity contribution in [1.29, 1.82) is 0 Å². The number of alkyl halides is 1. The second-order valence-electron chi connectivity index (χ2n) is 0.115. The SMILES string of the molecule is CF.[B]=NS. The Morgan fingerprint density at radius 2 is 1.80 bits per heavy atom. The van der Waals surface area contributed by atoms with Gasteiger partial charge in [-0.1, -0.05) is 0 Å². The molecule has 0 saturated heterocycles. The van der Waals surface area contributed by atoms with Gasteiger partial charge in [0.25, 0.3) is 0 Å². The van der Waals surface area contributed by atoms with Gasteiger partial charge in [0.15, 0.2) is 0 Å². The van der Waals surface area contributed by atoms with Gasteiger partial charge in [-0.05, 0) is 0 Å². The summed E-state index contributed by atoms with van der Waals surface area (Å²) in [4.78, 5) is 0. The van der Waals surface area contributed by atoms with Crippen molar-refractivity contribution < 1.29 is 4.39 Å². The molecule has 0 aliphatic heterocycles.